The van der Waals surface area contributed by atoms with Gasteiger partial charge in [0.05, 0.1) is 22.7 Å². The number of nitriles is 1. The predicted octanol–water partition coefficient (Wildman–Crippen LogP) is 9.53. The van der Waals surface area contributed by atoms with Gasteiger partial charge in [-0.1, -0.05) is 121 Å². The lowest BCUT2D eigenvalue weighted by Gasteiger charge is -2.33. The maximum atomic E-state index is 9.46. The van der Waals surface area contributed by atoms with Crippen LogP contribution in [0, 0.1) is 11.3 Å². The fourth-order valence-electron chi connectivity index (χ4n) is 6.68. The molecule has 222 valence electrons. The zero-order chi connectivity index (χ0) is 31.8. The Balaban J connectivity index is 1.43. The molecule has 0 unspecified atom stereocenters. The molecule has 0 spiro atoms. The summed E-state index contributed by atoms with van der Waals surface area (Å²) in [7, 11) is 0. The summed E-state index contributed by atoms with van der Waals surface area (Å²) in [5.41, 5.74) is 7.26. The summed E-state index contributed by atoms with van der Waals surface area (Å²) in [5, 5.41) is 11.7. The molecule has 0 aliphatic heterocycles. The number of aromatic nitrogens is 4. The minimum Gasteiger partial charge on any atom is -0.278 e. The second-order valence-electron chi connectivity index (χ2n) is 11.7. The van der Waals surface area contributed by atoms with Crippen molar-refractivity contribution < 1.29 is 0 Å². The monoisotopic (exact) mass is 603 g/mol. The van der Waals surface area contributed by atoms with Crippen molar-refractivity contribution in [2.24, 2.45) is 0 Å². The van der Waals surface area contributed by atoms with E-state index in [9.17, 15) is 5.26 Å². The second kappa shape index (κ2) is 11.5. The zero-order valence-corrected chi connectivity index (χ0v) is 25.7. The highest BCUT2D eigenvalue weighted by Gasteiger charge is 2.34. The van der Waals surface area contributed by atoms with Gasteiger partial charge in [-0.15, -0.1) is 0 Å². The van der Waals surface area contributed by atoms with E-state index in [1.54, 1.807) is 12.1 Å². The van der Waals surface area contributed by atoms with E-state index in [-0.39, 0.29) is 0 Å². The van der Waals surface area contributed by atoms with E-state index in [0.717, 1.165) is 38.5 Å². The van der Waals surface area contributed by atoms with E-state index in [1.165, 1.54) is 11.1 Å². The summed E-state index contributed by atoms with van der Waals surface area (Å²) in [5.74, 6) is 1.64. The molecule has 8 rings (SSSR count). The molecule has 2 heterocycles. The number of benzene rings is 6. The van der Waals surface area contributed by atoms with Crippen LogP contribution in [-0.2, 0) is 5.41 Å². The van der Waals surface area contributed by atoms with E-state index in [0.29, 0.717) is 23.2 Å². The lowest BCUT2D eigenvalue weighted by Crippen LogP contribution is -2.26. The average Bonchev–Trinajstić information content (AvgIpc) is 3.49. The fourth-order valence-corrected chi connectivity index (χ4v) is 6.68. The van der Waals surface area contributed by atoms with Crippen molar-refractivity contribution in [3.63, 3.8) is 0 Å². The van der Waals surface area contributed by atoms with Crippen molar-refractivity contribution in [1.29, 1.82) is 5.26 Å². The molecule has 5 heteroatoms. The van der Waals surface area contributed by atoms with Crippen molar-refractivity contribution in [3.8, 4) is 34.8 Å². The summed E-state index contributed by atoms with van der Waals surface area (Å²) in [6, 6.07) is 55.9. The number of hydrogen-bond donors (Lipinski definition) is 0. The van der Waals surface area contributed by atoms with Gasteiger partial charge in [0, 0.05) is 27.3 Å². The summed E-state index contributed by atoms with van der Waals surface area (Å²) >= 11 is 0. The first-order valence-corrected chi connectivity index (χ1v) is 15.6. The van der Waals surface area contributed by atoms with Gasteiger partial charge in [0.15, 0.2) is 11.6 Å². The number of fused-ring (bicyclic) bond motifs is 3. The first kappa shape index (κ1) is 28.1. The van der Waals surface area contributed by atoms with Crippen molar-refractivity contribution in [1.82, 2.24) is 19.5 Å². The molecular weight excluding hydrogens is 574 g/mol. The summed E-state index contributed by atoms with van der Waals surface area (Å²) in [6.07, 6.45) is 0. The summed E-state index contributed by atoms with van der Waals surface area (Å²) in [4.78, 5) is 15.5. The molecule has 0 saturated heterocycles. The van der Waals surface area contributed by atoms with Gasteiger partial charge in [0.1, 0.15) is 0 Å². The number of rotatable bonds is 6. The van der Waals surface area contributed by atoms with E-state index in [2.05, 4.69) is 133 Å². The van der Waals surface area contributed by atoms with Crippen LogP contribution < -0.4 is 0 Å². The van der Waals surface area contributed by atoms with Crippen LogP contribution in [-0.4, -0.2) is 19.5 Å². The van der Waals surface area contributed by atoms with Crippen molar-refractivity contribution >= 4 is 21.8 Å². The topological polar surface area (TPSA) is 67.4 Å². The molecular formula is C42H29N5. The molecule has 0 radical (unpaired) electrons. The van der Waals surface area contributed by atoms with Crippen LogP contribution in [0.15, 0.2) is 158 Å². The van der Waals surface area contributed by atoms with Crippen molar-refractivity contribution in [3.05, 3.63) is 180 Å². The predicted molar refractivity (Wildman–Crippen MR) is 188 cm³/mol. The molecule has 8 aromatic rings. The van der Waals surface area contributed by atoms with Crippen LogP contribution in [0.2, 0.25) is 0 Å². The Labute approximate surface area is 273 Å². The van der Waals surface area contributed by atoms with Crippen LogP contribution in [0.3, 0.4) is 0 Å². The smallest absolute Gasteiger partial charge is 0.238 e. The maximum Gasteiger partial charge on any atom is 0.238 e. The minimum atomic E-state index is -0.507. The third kappa shape index (κ3) is 4.75. The highest BCUT2D eigenvalue weighted by Crippen LogP contribution is 2.43. The number of hydrogen-bond acceptors (Lipinski definition) is 4. The van der Waals surface area contributed by atoms with E-state index in [1.807, 2.05) is 30.3 Å². The van der Waals surface area contributed by atoms with Crippen LogP contribution in [0.25, 0.3) is 50.5 Å². The lowest BCUT2D eigenvalue weighted by molar-refractivity contribution is 0.693. The third-order valence-electron chi connectivity index (χ3n) is 9.08. The van der Waals surface area contributed by atoms with Gasteiger partial charge in [-0.3, -0.25) is 4.57 Å². The molecule has 0 aliphatic rings. The quantitative estimate of drug-likeness (QED) is 0.178. The van der Waals surface area contributed by atoms with Crippen LogP contribution >= 0.6 is 0 Å². The molecule has 0 fully saturated rings. The summed E-state index contributed by atoms with van der Waals surface area (Å²) in [6.45, 7) is 2.27. The van der Waals surface area contributed by atoms with Gasteiger partial charge >= 0.3 is 0 Å². The van der Waals surface area contributed by atoms with Gasteiger partial charge in [0.25, 0.3) is 0 Å². The Morgan fingerprint density at radius 1 is 0.532 bits per heavy atom. The van der Waals surface area contributed by atoms with Crippen LogP contribution in [0.5, 0.6) is 0 Å². The molecule has 0 bridgehead atoms. The molecule has 47 heavy (non-hydrogen) atoms. The Hall–Kier alpha value is -6.38. The zero-order valence-electron chi connectivity index (χ0n) is 25.7. The first-order valence-electron chi connectivity index (χ1n) is 15.6. The Bertz CT molecular complexity index is 2330. The number of para-hydroxylation sites is 2. The SMILES string of the molecule is CC(c1ccccc1)(c1ccccc1)c1ccccc1-c1nc(-c2ccc(C#N)cc2)nc(-n2c3ccccc3c3ccccc32)n1. The lowest BCUT2D eigenvalue weighted by atomic mass is 9.69. The molecule has 0 atom stereocenters. The van der Waals surface area contributed by atoms with Gasteiger partial charge in [-0.05, 0) is 60.0 Å². The Morgan fingerprint density at radius 2 is 1.04 bits per heavy atom. The largest absolute Gasteiger partial charge is 0.278 e. The second-order valence-corrected chi connectivity index (χ2v) is 11.7. The molecule has 0 saturated carbocycles. The summed E-state index contributed by atoms with van der Waals surface area (Å²) < 4.78 is 2.12. The van der Waals surface area contributed by atoms with Gasteiger partial charge in [-0.25, -0.2) is 4.98 Å². The van der Waals surface area contributed by atoms with E-state index in [4.69, 9.17) is 15.0 Å². The fraction of sp³-hybridized carbons (Fsp3) is 0.0476. The van der Waals surface area contributed by atoms with Crippen LogP contribution in [0.4, 0.5) is 0 Å². The molecule has 0 aliphatic carbocycles. The molecule has 0 N–H and O–H groups in total. The van der Waals surface area contributed by atoms with Crippen LogP contribution in [0.1, 0.15) is 29.2 Å². The van der Waals surface area contributed by atoms with E-state index < -0.39 is 5.41 Å². The molecule has 0 amide bonds. The maximum absolute atomic E-state index is 9.46. The first-order chi connectivity index (χ1) is 23.1. The standard InChI is InChI=1S/C42H29N5/c1-42(31-14-4-2-5-15-31,32-16-6-3-7-17-32)36-21-11-8-20-35(36)40-44-39(30-26-24-29(28-43)25-27-30)45-41(46-40)47-37-22-12-9-18-33(37)34-19-10-13-23-38(34)47/h2-27H,1H3. The molecule has 6 aromatic carbocycles. The minimum absolute atomic E-state index is 0.507. The average molecular weight is 604 g/mol. The van der Waals surface area contributed by atoms with Crippen molar-refractivity contribution in [2.45, 2.75) is 12.3 Å². The third-order valence-corrected chi connectivity index (χ3v) is 9.08. The van der Waals surface area contributed by atoms with Gasteiger partial charge < -0.3 is 0 Å². The van der Waals surface area contributed by atoms with Crippen molar-refractivity contribution in [2.75, 3.05) is 0 Å². The highest BCUT2D eigenvalue weighted by atomic mass is 15.2. The Morgan fingerprint density at radius 3 is 1.64 bits per heavy atom. The van der Waals surface area contributed by atoms with E-state index >= 15 is 0 Å². The van der Waals surface area contributed by atoms with Gasteiger partial charge in [-0.2, -0.15) is 15.2 Å². The number of nitrogens with zero attached hydrogens (tertiary/aromatic N) is 5. The molecule has 2 aromatic heterocycles. The molecule has 5 nitrogen and oxygen atoms in total. The normalized spacial score (nSPS) is 11.5. The van der Waals surface area contributed by atoms with Gasteiger partial charge in [0.2, 0.25) is 5.95 Å². The Kier molecular flexibility index (Phi) is 6.89. The highest BCUT2D eigenvalue weighted by molar-refractivity contribution is 6.09.